The Labute approximate surface area is 161 Å². The van der Waals surface area contributed by atoms with Crippen LogP contribution in [0.15, 0.2) is 48.5 Å². The van der Waals surface area contributed by atoms with Crippen molar-refractivity contribution in [2.45, 2.75) is 19.1 Å². The molecule has 2 aromatic carbocycles. The molecule has 0 heterocycles. The number of methoxy groups -OCH3 is 1. The Morgan fingerprint density at radius 1 is 1.14 bits per heavy atom. The zero-order valence-corrected chi connectivity index (χ0v) is 15.6. The molecule has 2 aromatic rings. The Hall–Kier alpha value is -2.58. The van der Waals surface area contributed by atoms with Crippen molar-refractivity contribution in [2.75, 3.05) is 25.6 Å². The number of benzene rings is 2. The lowest BCUT2D eigenvalue weighted by atomic mass is 9.94. The summed E-state index contributed by atoms with van der Waals surface area (Å²) in [5.74, 6) is -1.06. The first kappa shape index (κ1) is 21.7. The molecule has 0 radical (unpaired) electrons. The number of carbonyl (C=O) groups is 1. The van der Waals surface area contributed by atoms with Crippen LogP contribution in [0.2, 0.25) is 0 Å². The third-order valence-electron chi connectivity index (χ3n) is 4.25. The van der Waals surface area contributed by atoms with Gasteiger partial charge in [0, 0.05) is 13.2 Å². The number of anilines is 1. The fraction of sp³-hybridized carbons (Fsp3) is 0.350. The van der Waals surface area contributed by atoms with Gasteiger partial charge in [0.25, 0.3) is 0 Å². The van der Waals surface area contributed by atoms with Crippen molar-refractivity contribution >= 4 is 11.6 Å². The first-order valence-corrected chi connectivity index (χ1v) is 8.68. The van der Waals surface area contributed by atoms with E-state index < -0.39 is 29.6 Å². The highest BCUT2D eigenvalue weighted by Gasteiger charge is 2.32. The lowest BCUT2D eigenvalue weighted by Crippen LogP contribution is -2.30. The molecule has 5 nitrogen and oxygen atoms in total. The summed E-state index contributed by atoms with van der Waals surface area (Å²) in [5.41, 5.74) is 5.94. The minimum Gasteiger partial charge on any atom is -0.489 e. The van der Waals surface area contributed by atoms with Gasteiger partial charge in [0.05, 0.1) is 23.8 Å². The maximum Gasteiger partial charge on any atom is 0.416 e. The van der Waals surface area contributed by atoms with Crippen molar-refractivity contribution < 1.29 is 27.4 Å². The molecular formula is C20H23F3N2O3. The van der Waals surface area contributed by atoms with Crippen molar-refractivity contribution in [2.24, 2.45) is 11.7 Å². The second-order valence-electron chi connectivity index (χ2n) is 6.26. The Morgan fingerprint density at radius 3 is 2.43 bits per heavy atom. The normalized spacial score (nSPS) is 13.6. The number of alkyl halides is 3. The summed E-state index contributed by atoms with van der Waals surface area (Å²) in [6.45, 7) is 2.00. The largest absolute Gasteiger partial charge is 0.489 e. The van der Waals surface area contributed by atoms with Crippen LogP contribution in [0, 0.1) is 5.92 Å². The van der Waals surface area contributed by atoms with Crippen molar-refractivity contribution in [3.05, 3.63) is 59.7 Å². The number of nitrogens with two attached hydrogens (primary N) is 1. The van der Waals surface area contributed by atoms with E-state index in [4.69, 9.17) is 15.2 Å². The lowest BCUT2D eigenvalue weighted by molar-refractivity contribution is -0.137. The topological polar surface area (TPSA) is 73.6 Å². The van der Waals surface area contributed by atoms with Gasteiger partial charge in [-0.2, -0.15) is 13.2 Å². The molecule has 0 saturated heterocycles. The van der Waals surface area contributed by atoms with Crippen LogP contribution >= 0.6 is 0 Å². The third-order valence-corrected chi connectivity index (χ3v) is 4.25. The molecule has 0 saturated carbocycles. The Kier molecular flexibility index (Phi) is 7.42. The van der Waals surface area contributed by atoms with Crippen molar-refractivity contribution in [1.29, 1.82) is 0 Å². The molecule has 0 aliphatic carbocycles. The van der Waals surface area contributed by atoms with E-state index in [2.05, 4.69) is 5.32 Å². The maximum absolute atomic E-state index is 13.1. The van der Waals surface area contributed by atoms with Crippen LogP contribution in [-0.2, 0) is 15.7 Å². The summed E-state index contributed by atoms with van der Waals surface area (Å²) < 4.78 is 49.5. The van der Waals surface area contributed by atoms with Crippen LogP contribution < -0.4 is 15.8 Å². The fourth-order valence-corrected chi connectivity index (χ4v) is 2.54. The molecule has 2 rings (SSSR count). The van der Waals surface area contributed by atoms with Gasteiger partial charge in [0.15, 0.2) is 0 Å². The SMILES string of the molecule is COCCOc1ccc(C(F)(F)F)cc1NC(=O)C(C)C(N)c1ccccc1. The summed E-state index contributed by atoms with van der Waals surface area (Å²) >= 11 is 0. The highest BCUT2D eigenvalue weighted by atomic mass is 19.4. The first-order valence-electron chi connectivity index (χ1n) is 8.68. The number of nitrogens with one attached hydrogen (secondary N) is 1. The van der Waals surface area contributed by atoms with E-state index in [9.17, 15) is 18.0 Å². The Balaban J connectivity index is 2.22. The highest BCUT2D eigenvalue weighted by Crippen LogP contribution is 2.35. The number of amides is 1. The van der Waals surface area contributed by atoms with Crippen LogP contribution in [-0.4, -0.2) is 26.2 Å². The quantitative estimate of drug-likeness (QED) is 0.662. The van der Waals surface area contributed by atoms with E-state index in [0.29, 0.717) is 0 Å². The molecule has 2 unspecified atom stereocenters. The molecule has 0 aromatic heterocycles. The molecule has 0 fully saturated rings. The molecule has 0 spiro atoms. The van der Waals surface area contributed by atoms with Gasteiger partial charge in [-0.15, -0.1) is 0 Å². The molecule has 2 atom stereocenters. The number of rotatable bonds is 8. The van der Waals surface area contributed by atoms with Gasteiger partial charge < -0.3 is 20.5 Å². The average Bonchev–Trinajstić information content (AvgIpc) is 2.67. The molecule has 8 heteroatoms. The summed E-state index contributed by atoms with van der Waals surface area (Å²) in [6, 6.07) is 11.3. The molecule has 1 amide bonds. The van der Waals surface area contributed by atoms with Crippen LogP contribution in [0.25, 0.3) is 0 Å². The summed E-state index contributed by atoms with van der Waals surface area (Å²) in [4.78, 5) is 12.6. The number of halogens is 3. The van der Waals surface area contributed by atoms with Crippen LogP contribution in [0.4, 0.5) is 18.9 Å². The van der Waals surface area contributed by atoms with Gasteiger partial charge in [-0.25, -0.2) is 0 Å². The second kappa shape index (κ2) is 9.57. The van der Waals surface area contributed by atoms with Crippen molar-refractivity contribution in [3.63, 3.8) is 0 Å². The van der Waals surface area contributed by atoms with Gasteiger partial charge in [-0.1, -0.05) is 37.3 Å². The zero-order chi connectivity index (χ0) is 20.7. The fourth-order valence-electron chi connectivity index (χ4n) is 2.54. The lowest BCUT2D eigenvalue weighted by Gasteiger charge is -2.21. The molecular weight excluding hydrogens is 373 g/mol. The number of hydrogen-bond acceptors (Lipinski definition) is 4. The molecule has 0 aliphatic rings. The molecule has 28 heavy (non-hydrogen) atoms. The summed E-state index contributed by atoms with van der Waals surface area (Å²) in [6.07, 6.45) is -4.55. The predicted octanol–water partition coefficient (Wildman–Crippen LogP) is 4.01. The van der Waals surface area contributed by atoms with E-state index in [1.54, 1.807) is 31.2 Å². The average molecular weight is 396 g/mol. The van der Waals surface area contributed by atoms with Gasteiger partial charge in [0.1, 0.15) is 12.4 Å². The number of carbonyl (C=O) groups excluding carboxylic acids is 1. The van der Waals surface area contributed by atoms with E-state index >= 15 is 0 Å². The zero-order valence-electron chi connectivity index (χ0n) is 15.6. The predicted molar refractivity (Wildman–Crippen MR) is 100.0 cm³/mol. The van der Waals surface area contributed by atoms with Crippen molar-refractivity contribution in [3.8, 4) is 5.75 Å². The monoisotopic (exact) mass is 396 g/mol. The smallest absolute Gasteiger partial charge is 0.416 e. The Morgan fingerprint density at radius 2 is 1.82 bits per heavy atom. The van der Waals surface area contributed by atoms with E-state index in [-0.39, 0.29) is 24.7 Å². The van der Waals surface area contributed by atoms with Gasteiger partial charge in [0.2, 0.25) is 5.91 Å². The van der Waals surface area contributed by atoms with Crippen LogP contribution in [0.1, 0.15) is 24.1 Å². The van der Waals surface area contributed by atoms with E-state index in [1.165, 1.54) is 13.2 Å². The molecule has 0 bridgehead atoms. The minimum atomic E-state index is -4.55. The van der Waals surface area contributed by atoms with Crippen LogP contribution in [0.3, 0.4) is 0 Å². The Bertz CT molecular complexity index is 782. The van der Waals surface area contributed by atoms with E-state index in [1.807, 2.05) is 6.07 Å². The standard InChI is InChI=1S/C20H23F3N2O3/c1-13(18(24)14-6-4-3-5-7-14)19(26)25-16-12-15(20(21,22)23)8-9-17(16)28-11-10-27-2/h3-9,12-13,18H,10-11,24H2,1-2H3,(H,25,26). The van der Waals surface area contributed by atoms with Crippen molar-refractivity contribution in [1.82, 2.24) is 0 Å². The van der Waals surface area contributed by atoms with Gasteiger partial charge >= 0.3 is 6.18 Å². The maximum atomic E-state index is 13.1. The summed E-state index contributed by atoms with van der Waals surface area (Å²) in [7, 11) is 1.48. The molecule has 0 aliphatic heterocycles. The highest BCUT2D eigenvalue weighted by molar-refractivity contribution is 5.94. The molecule has 152 valence electrons. The number of hydrogen-bond donors (Lipinski definition) is 2. The summed E-state index contributed by atoms with van der Waals surface area (Å²) in [5, 5.41) is 2.52. The van der Waals surface area contributed by atoms with Crippen LogP contribution in [0.5, 0.6) is 5.75 Å². The van der Waals surface area contributed by atoms with Gasteiger partial charge in [-0.05, 0) is 23.8 Å². The van der Waals surface area contributed by atoms with Gasteiger partial charge in [-0.3, -0.25) is 4.79 Å². The first-order chi connectivity index (χ1) is 13.2. The number of ether oxygens (including phenoxy) is 2. The molecule has 3 N–H and O–H groups in total. The van der Waals surface area contributed by atoms with E-state index in [0.717, 1.165) is 17.7 Å². The minimum absolute atomic E-state index is 0.0666. The third kappa shape index (κ3) is 5.71. The second-order valence-corrected chi connectivity index (χ2v) is 6.26.